The molecule has 1 N–H and O–H groups in total. The van der Waals surface area contributed by atoms with Crippen LogP contribution < -0.4 is 19.1 Å². The lowest BCUT2D eigenvalue weighted by Gasteiger charge is -2.30. The standard InChI is InChI=1S/C25H29N3O3/c1-29-23-15-19(16-24(30-2)25(23)31-3)17-26-28-13-11-27(12-14-28)18-21-9-6-8-20-7-4-5-10-22(20)21/h4-10,15-17H,11-14,18H2,1-3H3/p+1/b26-17-. The van der Waals surface area contributed by atoms with Gasteiger partial charge in [-0.1, -0.05) is 42.5 Å². The maximum Gasteiger partial charge on any atom is 0.203 e. The smallest absolute Gasteiger partial charge is 0.203 e. The Bertz CT molecular complexity index is 1030. The van der Waals surface area contributed by atoms with Crippen LogP contribution in [0.5, 0.6) is 17.2 Å². The first kappa shape index (κ1) is 21.0. The highest BCUT2D eigenvalue weighted by molar-refractivity contribution is 5.85. The average molecular weight is 421 g/mol. The van der Waals surface area contributed by atoms with Gasteiger partial charge in [0.2, 0.25) is 5.75 Å². The van der Waals surface area contributed by atoms with Crippen molar-refractivity contribution in [2.45, 2.75) is 6.54 Å². The quantitative estimate of drug-likeness (QED) is 0.597. The van der Waals surface area contributed by atoms with Gasteiger partial charge in [-0.25, -0.2) is 0 Å². The number of methoxy groups -OCH3 is 3. The van der Waals surface area contributed by atoms with Crippen LogP contribution in [0.15, 0.2) is 59.7 Å². The average Bonchev–Trinajstić information content (AvgIpc) is 2.83. The topological polar surface area (TPSA) is 47.7 Å². The molecule has 0 radical (unpaired) electrons. The maximum absolute atomic E-state index is 5.43. The van der Waals surface area contributed by atoms with Crippen LogP contribution in [-0.2, 0) is 6.54 Å². The van der Waals surface area contributed by atoms with E-state index in [0.717, 1.165) is 38.3 Å². The molecule has 3 aromatic rings. The van der Waals surface area contributed by atoms with Gasteiger partial charge >= 0.3 is 0 Å². The Labute approximate surface area is 183 Å². The van der Waals surface area contributed by atoms with Crippen molar-refractivity contribution < 1.29 is 19.1 Å². The number of rotatable bonds is 7. The number of hydrazone groups is 1. The van der Waals surface area contributed by atoms with Gasteiger partial charge in [-0.3, -0.25) is 5.01 Å². The molecular weight excluding hydrogens is 390 g/mol. The van der Waals surface area contributed by atoms with E-state index in [1.807, 2.05) is 18.3 Å². The third-order valence-electron chi connectivity index (χ3n) is 5.82. The van der Waals surface area contributed by atoms with Crippen molar-refractivity contribution in [3.8, 4) is 17.2 Å². The molecule has 0 bridgehead atoms. The summed E-state index contributed by atoms with van der Waals surface area (Å²) in [5.41, 5.74) is 2.34. The highest BCUT2D eigenvalue weighted by atomic mass is 16.5. The molecule has 6 heteroatoms. The van der Waals surface area contributed by atoms with E-state index in [0.29, 0.717) is 17.2 Å². The van der Waals surface area contributed by atoms with Crippen LogP contribution in [0.3, 0.4) is 0 Å². The zero-order valence-electron chi connectivity index (χ0n) is 18.4. The third kappa shape index (κ3) is 4.75. The molecule has 0 unspecified atom stereocenters. The van der Waals surface area contributed by atoms with Gasteiger partial charge in [0.25, 0.3) is 0 Å². The Kier molecular flexibility index (Phi) is 6.57. The number of hydrogen-bond acceptors (Lipinski definition) is 5. The molecule has 3 aromatic carbocycles. The van der Waals surface area contributed by atoms with E-state index in [-0.39, 0.29) is 0 Å². The van der Waals surface area contributed by atoms with E-state index in [1.165, 1.54) is 16.3 Å². The van der Waals surface area contributed by atoms with E-state index < -0.39 is 0 Å². The lowest BCUT2D eigenvalue weighted by molar-refractivity contribution is -0.918. The Morgan fingerprint density at radius 2 is 1.58 bits per heavy atom. The SMILES string of the molecule is COc1cc(/C=N\N2CC[NH+](Cc3cccc4ccccc34)CC2)cc(OC)c1OC. The number of nitrogens with one attached hydrogen (secondary N) is 1. The summed E-state index contributed by atoms with van der Waals surface area (Å²) in [5, 5.41) is 9.50. The molecule has 0 atom stereocenters. The van der Waals surface area contributed by atoms with Crippen LogP contribution in [0.2, 0.25) is 0 Å². The van der Waals surface area contributed by atoms with Crippen LogP contribution in [0.25, 0.3) is 10.8 Å². The second-order valence-electron chi connectivity index (χ2n) is 7.72. The summed E-state index contributed by atoms with van der Waals surface area (Å²) in [5.74, 6) is 1.85. The zero-order valence-corrected chi connectivity index (χ0v) is 18.4. The molecule has 4 rings (SSSR count). The van der Waals surface area contributed by atoms with E-state index in [4.69, 9.17) is 19.3 Å². The van der Waals surface area contributed by atoms with E-state index >= 15 is 0 Å². The Morgan fingerprint density at radius 1 is 0.903 bits per heavy atom. The Hall–Kier alpha value is -3.25. The van der Waals surface area contributed by atoms with Crippen molar-refractivity contribution in [2.24, 2.45) is 5.10 Å². The van der Waals surface area contributed by atoms with Crippen molar-refractivity contribution in [3.05, 3.63) is 65.7 Å². The largest absolute Gasteiger partial charge is 0.493 e. The van der Waals surface area contributed by atoms with Crippen LogP contribution in [0.1, 0.15) is 11.1 Å². The summed E-state index contributed by atoms with van der Waals surface area (Å²) in [4.78, 5) is 1.59. The van der Waals surface area contributed by atoms with E-state index in [1.54, 1.807) is 26.2 Å². The summed E-state index contributed by atoms with van der Waals surface area (Å²) in [6.45, 7) is 5.04. The van der Waals surface area contributed by atoms with Gasteiger partial charge in [-0.05, 0) is 22.9 Å². The number of hydrogen-bond donors (Lipinski definition) is 1. The summed E-state index contributed by atoms with van der Waals surface area (Å²) in [6.07, 6.45) is 1.86. The molecule has 1 saturated heterocycles. The number of benzene rings is 3. The summed E-state index contributed by atoms with van der Waals surface area (Å²) in [7, 11) is 4.85. The first-order chi connectivity index (χ1) is 15.2. The fraction of sp³-hybridized carbons (Fsp3) is 0.320. The van der Waals surface area contributed by atoms with Crippen molar-refractivity contribution in [3.63, 3.8) is 0 Å². The maximum atomic E-state index is 5.43. The second kappa shape index (κ2) is 9.71. The molecule has 1 aliphatic heterocycles. The Morgan fingerprint density at radius 3 is 2.26 bits per heavy atom. The van der Waals surface area contributed by atoms with Gasteiger partial charge < -0.3 is 19.1 Å². The highest BCUT2D eigenvalue weighted by Crippen LogP contribution is 2.37. The highest BCUT2D eigenvalue weighted by Gasteiger charge is 2.20. The van der Waals surface area contributed by atoms with Crippen molar-refractivity contribution >= 4 is 17.0 Å². The predicted molar refractivity (Wildman–Crippen MR) is 124 cm³/mol. The minimum absolute atomic E-state index is 0.591. The molecule has 0 spiro atoms. The van der Waals surface area contributed by atoms with Crippen LogP contribution in [0, 0.1) is 0 Å². The molecular formula is C25H30N3O3+. The van der Waals surface area contributed by atoms with Crippen LogP contribution >= 0.6 is 0 Å². The van der Waals surface area contributed by atoms with E-state index in [9.17, 15) is 0 Å². The first-order valence-electron chi connectivity index (χ1n) is 10.6. The lowest BCUT2D eigenvalue weighted by Crippen LogP contribution is -3.13. The number of fused-ring (bicyclic) bond motifs is 1. The van der Waals surface area contributed by atoms with Gasteiger partial charge in [-0.2, -0.15) is 5.10 Å². The fourth-order valence-corrected chi connectivity index (χ4v) is 4.14. The summed E-state index contributed by atoms with van der Waals surface area (Å²) >= 11 is 0. The second-order valence-corrected chi connectivity index (χ2v) is 7.72. The van der Waals surface area contributed by atoms with Crippen LogP contribution in [-0.4, -0.2) is 58.7 Å². The van der Waals surface area contributed by atoms with Gasteiger partial charge in [-0.15, -0.1) is 0 Å². The number of ether oxygens (including phenoxy) is 3. The normalized spacial score (nSPS) is 14.9. The van der Waals surface area contributed by atoms with Crippen molar-refractivity contribution in [2.75, 3.05) is 47.5 Å². The molecule has 0 aliphatic carbocycles. The molecule has 0 aromatic heterocycles. The zero-order chi connectivity index (χ0) is 21.6. The van der Waals surface area contributed by atoms with E-state index in [2.05, 4.69) is 47.5 Å². The van der Waals surface area contributed by atoms with Crippen molar-refractivity contribution in [1.82, 2.24) is 5.01 Å². The molecule has 0 amide bonds. The molecule has 0 saturated carbocycles. The minimum atomic E-state index is 0.591. The molecule has 6 nitrogen and oxygen atoms in total. The lowest BCUT2D eigenvalue weighted by atomic mass is 10.0. The van der Waals surface area contributed by atoms with Gasteiger partial charge in [0.05, 0.1) is 53.7 Å². The van der Waals surface area contributed by atoms with Crippen LogP contribution in [0.4, 0.5) is 0 Å². The molecule has 1 heterocycles. The summed E-state index contributed by atoms with van der Waals surface area (Å²) < 4.78 is 16.2. The summed E-state index contributed by atoms with van der Waals surface area (Å²) in [6, 6.07) is 19.1. The molecule has 31 heavy (non-hydrogen) atoms. The molecule has 1 aliphatic rings. The molecule has 162 valence electrons. The monoisotopic (exact) mass is 420 g/mol. The Balaban J connectivity index is 1.39. The van der Waals surface area contributed by atoms with Gasteiger partial charge in [0.15, 0.2) is 11.5 Å². The number of quaternary nitrogens is 1. The number of piperazine rings is 1. The first-order valence-corrected chi connectivity index (χ1v) is 10.6. The third-order valence-corrected chi connectivity index (χ3v) is 5.82. The fourth-order valence-electron chi connectivity index (χ4n) is 4.14. The van der Waals surface area contributed by atoms with Gasteiger partial charge in [0.1, 0.15) is 6.54 Å². The van der Waals surface area contributed by atoms with Gasteiger partial charge in [0, 0.05) is 11.1 Å². The minimum Gasteiger partial charge on any atom is -0.493 e. The number of nitrogens with zero attached hydrogens (tertiary/aromatic N) is 2. The molecule has 1 fully saturated rings. The predicted octanol–water partition coefficient (Wildman–Crippen LogP) is 2.60. The van der Waals surface area contributed by atoms with Crippen molar-refractivity contribution in [1.29, 1.82) is 0 Å².